The molecule has 0 fully saturated rings. The standard InChI is InChI=1S/C24H19F3N2O4S.C14H15NO4.C12H9ClF3NS.3CH4/c1-14-21(34-23(28-14)16-2-6-17(7-3-16)24(25,26)27)13-32-18-8-4-15(5-9-18)19(12-22(30)31)20-10-11-33-29-20;1-2-18-14(17)9-12(13-7-8-19-15-13)10-3-5-11(16)6-4-10;1-7-10(6-13)18-11(17-7)8-2-4-9(5-3-8)12(14,15)16;;;/h2-11,19H,12-13H2,1H3,(H,30,31);3-8,12,16H,2,9H2,1H3;2-5H,6H2,1H3;3*1H4/t19-;12-;;;;/m11..../s1. The molecule has 0 saturated heterocycles. The van der Waals surface area contributed by atoms with Gasteiger partial charge in [0.05, 0.1) is 64.1 Å². The van der Waals surface area contributed by atoms with E-state index in [2.05, 4.69) is 20.3 Å². The normalized spacial score (nSPS) is 11.7. The highest BCUT2D eigenvalue weighted by atomic mass is 35.5. The van der Waals surface area contributed by atoms with Crippen molar-refractivity contribution in [1.82, 2.24) is 20.3 Å². The summed E-state index contributed by atoms with van der Waals surface area (Å²) in [5.74, 6) is -0.787. The van der Waals surface area contributed by atoms with Gasteiger partial charge in [-0.15, -0.1) is 34.3 Å². The molecular weight excluding hydrogens is 1030 g/mol. The fourth-order valence-electron chi connectivity index (χ4n) is 6.77. The maximum atomic E-state index is 12.8. The smallest absolute Gasteiger partial charge is 0.416 e. The number of aromatic hydroxyl groups is 1. The molecule has 8 rings (SSSR count). The topological polar surface area (TPSA) is 171 Å². The summed E-state index contributed by atoms with van der Waals surface area (Å²) in [5, 5.41) is 27.6. The minimum Gasteiger partial charge on any atom is -0.508 e. The number of benzene rings is 4. The molecule has 4 aromatic carbocycles. The number of esters is 1. The number of carbonyl (C=O) groups is 2. The number of hydrogen-bond acceptors (Lipinski definition) is 13. The lowest BCUT2D eigenvalue weighted by molar-refractivity contribution is -0.143. The van der Waals surface area contributed by atoms with E-state index in [1.807, 2.05) is 13.8 Å². The SMILES string of the molecule is C.C.C.CCOC(=O)C[C@H](c1ccc(O)cc1)c1ccon1.Cc1nc(-c2ccc(C(F)(F)F)cc2)sc1CCl.Cc1nc(-c2ccc(C(F)(F)F)cc2)sc1COc1ccc([C@@H](CC(=O)O)c2ccon2)cc1. The van der Waals surface area contributed by atoms with Gasteiger partial charge >= 0.3 is 24.3 Å². The predicted molar refractivity (Wildman–Crippen MR) is 273 cm³/mol. The van der Waals surface area contributed by atoms with Gasteiger partial charge in [0.1, 0.15) is 40.6 Å². The molecule has 0 amide bonds. The van der Waals surface area contributed by atoms with Crippen LogP contribution < -0.4 is 4.74 Å². The van der Waals surface area contributed by atoms with Gasteiger partial charge < -0.3 is 28.7 Å². The van der Waals surface area contributed by atoms with Crippen LogP contribution in [0.5, 0.6) is 11.5 Å². The van der Waals surface area contributed by atoms with Crippen molar-refractivity contribution in [3.63, 3.8) is 0 Å². The van der Waals surface area contributed by atoms with Gasteiger partial charge in [-0.1, -0.05) is 81.1 Å². The fraction of sp³-hybridized carbons (Fsp3) is 0.283. The Morgan fingerprint density at radius 3 is 1.47 bits per heavy atom. The van der Waals surface area contributed by atoms with Crippen molar-refractivity contribution < 1.29 is 64.7 Å². The zero-order chi connectivity index (χ0) is 51.3. The Hall–Kier alpha value is -7.03. The zero-order valence-electron chi connectivity index (χ0n) is 37.8. The quantitative estimate of drug-likeness (QED) is 0.0566. The van der Waals surface area contributed by atoms with Crippen LogP contribution >= 0.6 is 34.3 Å². The number of rotatable bonds is 15. The van der Waals surface area contributed by atoms with Crippen LogP contribution in [0.25, 0.3) is 21.1 Å². The number of nitrogens with zero attached hydrogens (tertiary/aromatic N) is 4. The first-order valence-corrected chi connectivity index (χ1v) is 23.5. The highest BCUT2D eigenvalue weighted by Crippen LogP contribution is 2.36. The van der Waals surface area contributed by atoms with Crippen molar-refractivity contribution in [3.05, 3.63) is 177 Å². The molecule has 0 aliphatic carbocycles. The molecule has 396 valence electrons. The molecular formula is C53H55ClF6N4O8S2. The molecule has 0 unspecified atom stereocenters. The Kier molecular flexibility index (Phi) is 23.1. The number of hydrogen-bond donors (Lipinski definition) is 2. The largest absolute Gasteiger partial charge is 0.508 e. The third kappa shape index (κ3) is 17.0. The molecule has 0 saturated carbocycles. The number of aliphatic carboxylic acids is 1. The molecule has 0 radical (unpaired) electrons. The second kappa shape index (κ2) is 27.9. The third-order valence-electron chi connectivity index (χ3n) is 10.5. The average molecular weight is 1090 g/mol. The van der Waals surface area contributed by atoms with Gasteiger partial charge in [-0.25, -0.2) is 9.97 Å². The molecule has 4 aromatic heterocycles. The van der Waals surface area contributed by atoms with Gasteiger partial charge in [-0.3, -0.25) is 9.59 Å². The van der Waals surface area contributed by atoms with E-state index in [9.17, 15) is 46.1 Å². The van der Waals surface area contributed by atoms with Crippen molar-refractivity contribution in [2.24, 2.45) is 0 Å². The number of phenolic OH excluding ortho intramolecular Hbond substituents is 1. The molecule has 2 N–H and O–H groups in total. The second-order valence-electron chi connectivity index (χ2n) is 15.3. The Morgan fingerprint density at radius 2 is 1.08 bits per heavy atom. The number of ether oxygens (including phenoxy) is 2. The lowest BCUT2D eigenvalue weighted by Crippen LogP contribution is -2.11. The molecule has 0 spiro atoms. The second-order valence-corrected chi connectivity index (χ2v) is 17.8. The van der Waals surface area contributed by atoms with Gasteiger partial charge in [0.2, 0.25) is 0 Å². The highest BCUT2D eigenvalue weighted by molar-refractivity contribution is 7.15. The van der Waals surface area contributed by atoms with Gasteiger partial charge in [0.15, 0.2) is 0 Å². The maximum Gasteiger partial charge on any atom is 0.416 e. The Bertz CT molecular complexity index is 2930. The number of carbonyl (C=O) groups excluding carboxylic acids is 1. The van der Waals surface area contributed by atoms with Gasteiger partial charge in [-0.05, 0) is 80.4 Å². The van der Waals surface area contributed by atoms with Crippen LogP contribution in [0.3, 0.4) is 0 Å². The monoisotopic (exact) mass is 1090 g/mol. The number of aryl methyl sites for hydroxylation is 2. The Balaban J connectivity index is 0.000000309. The summed E-state index contributed by atoms with van der Waals surface area (Å²) in [5.41, 5.74) is 4.33. The van der Waals surface area contributed by atoms with E-state index in [4.69, 9.17) is 30.1 Å². The average Bonchev–Trinajstić information content (AvgIpc) is 4.19. The van der Waals surface area contributed by atoms with Crippen molar-refractivity contribution >= 4 is 46.2 Å². The van der Waals surface area contributed by atoms with E-state index in [0.29, 0.717) is 50.8 Å². The van der Waals surface area contributed by atoms with Gasteiger partial charge in [0.25, 0.3) is 0 Å². The first kappa shape index (κ1) is 61.3. The summed E-state index contributed by atoms with van der Waals surface area (Å²) in [6.45, 7) is 6.01. The van der Waals surface area contributed by atoms with Crippen LogP contribution in [-0.4, -0.2) is 49.0 Å². The molecule has 74 heavy (non-hydrogen) atoms. The van der Waals surface area contributed by atoms with E-state index in [1.54, 1.807) is 67.6 Å². The van der Waals surface area contributed by atoms with E-state index in [1.165, 1.54) is 59.5 Å². The zero-order valence-corrected chi connectivity index (χ0v) is 40.2. The molecule has 0 aliphatic heterocycles. The van der Waals surface area contributed by atoms with E-state index < -0.39 is 35.4 Å². The first-order chi connectivity index (χ1) is 33.8. The lowest BCUT2D eigenvalue weighted by atomic mass is 9.92. The lowest BCUT2D eigenvalue weighted by Gasteiger charge is -2.13. The van der Waals surface area contributed by atoms with Crippen LogP contribution in [0.1, 0.15) is 109 Å². The van der Waals surface area contributed by atoms with Crippen LogP contribution in [0.4, 0.5) is 26.3 Å². The summed E-state index contributed by atoms with van der Waals surface area (Å²) in [6.07, 6.45) is -5.76. The third-order valence-corrected chi connectivity index (χ3v) is 13.3. The number of phenols is 1. The molecule has 8 aromatic rings. The first-order valence-electron chi connectivity index (χ1n) is 21.4. The van der Waals surface area contributed by atoms with Crippen molar-refractivity contribution in [1.29, 1.82) is 0 Å². The number of thiazole rings is 2. The van der Waals surface area contributed by atoms with Crippen LogP contribution in [0.15, 0.2) is 131 Å². The van der Waals surface area contributed by atoms with Crippen LogP contribution in [-0.2, 0) is 39.2 Å². The van der Waals surface area contributed by atoms with E-state index >= 15 is 0 Å². The van der Waals surface area contributed by atoms with E-state index in [-0.39, 0.29) is 59.4 Å². The summed E-state index contributed by atoms with van der Waals surface area (Å²) >= 11 is 8.50. The Morgan fingerprint density at radius 1 is 0.649 bits per heavy atom. The minimum atomic E-state index is -4.38. The molecule has 0 aliphatic rings. The van der Waals surface area contributed by atoms with Crippen LogP contribution in [0.2, 0.25) is 0 Å². The number of halogens is 7. The fourth-order valence-corrected chi connectivity index (χ4v) is 9.02. The minimum absolute atomic E-state index is 0. The number of aromatic nitrogens is 4. The van der Waals surface area contributed by atoms with Gasteiger partial charge in [0, 0.05) is 40.0 Å². The maximum absolute atomic E-state index is 12.8. The summed E-state index contributed by atoms with van der Waals surface area (Å²) in [4.78, 5) is 33.5. The molecule has 4 heterocycles. The highest BCUT2D eigenvalue weighted by Gasteiger charge is 2.31. The van der Waals surface area contributed by atoms with Crippen molar-refractivity contribution in [3.8, 4) is 32.6 Å². The number of alkyl halides is 7. The number of carboxylic acids is 1. The molecule has 2 atom stereocenters. The van der Waals surface area contributed by atoms with Crippen LogP contribution in [0, 0.1) is 13.8 Å². The van der Waals surface area contributed by atoms with E-state index in [0.717, 1.165) is 56.5 Å². The molecule has 12 nitrogen and oxygen atoms in total. The number of carboxylic acid groups (broad SMARTS) is 1. The Labute approximate surface area is 437 Å². The van der Waals surface area contributed by atoms with Gasteiger partial charge in [-0.2, -0.15) is 26.3 Å². The molecule has 21 heteroatoms. The van der Waals surface area contributed by atoms with Crippen molar-refractivity contribution in [2.45, 2.75) is 92.6 Å². The molecule has 0 bridgehead atoms. The summed E-state index contributed by atoms with van der Waals surface area (Å²) in [6, 6.07) is 27.0. The van der Waals surface area contributed by atoms with Crippen molar-refractivity contribution in [2.75, 3.05) is 6.61 Å². The predicted octanol–water partition coefficient (Wildman–Crippen LogP) is 15.6. The summed E-state index contributed by atoms with van der Waals surface area (Å²) in [7, 11) is 0. The summed E-state index contributed by atoms with van der Waals surface area (Å²) < 4.78 is 96.1.